The van der Waals surface area contributed by atoms with Crippen LogP contribution in [0.1, 0.15) is 42.5 Å². The van der Waals surface area contributed by atoms with E-state index in [0.717, 1.165) is 17.6 Å². The SMILES string of the molecule is COC(=O)c1ccc(-n2c(C)cc(C(=O)COC(=O)c3ccccc3NS(C)(=O)=O)c2C)cc1. The number of anilines is 1. The van der Waals surface area contributed by atoms with E-state index in [9.17, 15) is 22.8 Å². The van der Waals surface area contributed by atoms with Crippen LogP contribution in [0.25, 0.3) is 5.69 Å². The molecule has 0 radical (unpaired) electrons. The van der Waals surface area contributed by atoms with Crippen LogP contribution in [0.3, 0.4) is 0 Å². The molecule has 1 N–H and O–H groups in total. The van der Waals surface area contributed by atoms with Crippen LogP contribution in [0, 0.1) is 13.8 Å². The van der Waals surface area contributed by atoms with E-state index in [1.807, 2.05) is 11.5 Å². The maximum Gasteiger partial charge on any atom is 0.340 e. The Morgan fingerprint density at radius 3 is 2.21 bits per heavy atom. The zero-order valence-corrected chi connectivity index (χ0v) is 19.9. The molecule has 0 fully saturated rings. The summed E-state index contributed by atoms with van der Waals surface area (Å²) in [5.74, 6) is -1.68. The molecule has 3 rings (SSSR count). The number of methoxy groups -OCH3 is 1. The standard InChI is InChI=1S/C24H24N2O7S/c1-15-13-20(16(2)26(15)18-11-9-17(10-12-18)23(28)32-3)22(27)14-33-24(29)19-7-5-6-8-21(19)25-34(4,30)31/h5-13,25H,14H2,1-4H3. The van der Waals surface area contributed by atoms with Crippen LogP contribution in [0.5, 0.6) is 0 Å². The van der Waals surface area contributed by atoms with E-state index >= 15 is 0 Å². The molecule has 0 atom stereocenters. The average Bonchev–Trinajstić information content (AvgIpc) is 3.10. The lowest BCUT2D eigenvalue weighted by Gasteiger charge is -2.11. The lowest BCUT2D eigenvalue weighted by atomic mass is 10.1. The predicted octanol–water partition coefficient (Wildman–Crippen LogP) is 3.29. The Balaban J connectivity index is 1.77. The molecule has 2 aromatic carbocycles. The van der Waals surface area contributed by atoms with Gasteiger partial charge in [0.1, 0.15) is 0 Å². The van der Waals surface area contributed by atoms with Crippen LogP contribution >= 0.6 is 0 Å². The van der Waals surface area contributed by atoms with Gasteiger partial charge in [0.05, 0.1) is 30.2 Å². The van der Waals surface area contributed by atoms with Crippen molar-refractivity contribution in [3.63, 3.8) is 0 Å². The molecule has 9 nitrogen and oxygen atoms in total. The number of esters is 2. The normalized spacial score (nSPS) is 11.1. The Morgan fingerprint density at radius 1 is 0.941 bits per heavy atom. The number of benzene rings is 2. The summed E-state index contributed by atoms with van der Waals surface area (Å²) >= 11 is 0. The zero-order valence-electron chi connectivity index (χ0n) is 19.1. The summed E-state index contributed by atoms with van der Waals surface area (Å²) < 4.78 is 37.1. The first-order chi connectivity index (χ1) is 16.0. The molecule has 0 bridgehead atoms. The lowest BCUT2D eigenvalue weighted by molar-refractivity contribution is 0.0475. The molecule has 0 aliphatic heterocycles. The average molecular weight is 485 g/mol. The third-order valence-electron chi connectivity index (χ3n) is 5.05. The van der Waals surface area contributed by atoms with E-state index in [1.165, 1.54) is 19.2 Å². The Hall–Kier alpha value is -3.92. The van der Waals surface area contributed by atoms with Crippen LogP contribution in [-0.4, -0.2) is 50.7 Å². The first-order valence-electron chi connectivity index (χ1n) is 10.2. The molecule has 0 aliphatic carbocycles. The van der Waals surface area contributed by atoms with Gasteiger partial charge in [0.2, 0.25) is 15.8 Å². The van der Waals surface area contributed by atoms with Gasteiger partial charge in [-0.2, -0.15) is 0 Å². The van der Waals surface area contributed by atoms with E-state index < -0.39 is 34.4 Å². The summed E-state index contributed by atoms with van der Waals surface area (Å²) in [6, 6.07) is 14.4. The maximum atomic E-state index is 12.8. The number of carbonyl (C=O) groups excluding carboxylic acids is 3. The number of nitrogens with zero attached hydrogens (tertiary/aromatic N) is 1. The van der Waals surface area contributed by atoms with E-state index in [0.29, 0.717) is 16.8 Å². The number of rotatable bonds is 8. The minimum absolute atomic E-state index is 0.00288. The second kappa shape index (κ2) is 9.92. The predicted molar refractivity (Wildman–Crippen MR) is 126 cm³/mol. The van der Waals surface area contributed by atoms with Gasteiger partial charge < -0.3 is 14.0 Å². The van der Waals surface area contributed by atoms with Crippen molar-refractivity contribution in [1.29, 1.82) is 0 Å². The number of nitrogens with one attached hydrogen (secondary N) is 1. The molecule has 0 saturated carbocycles. The second-order valence-corrected chi connectivity index (χ2v) is 9.33. The minimum Gasteiger partial charge on any atom is -0.465 e. The molecule has 0 aliphatic rings. The number of carbonyl (C=O) groups is 3. The van der Waals surface area contributed by atoms with E-state index in [4.69, 9.17) is 9.47 Å². The van der Waals surface area contributed by atoms with Crippen LogP contribution in [0.2, 0.25) is 0 Å². The minimum atomic E-state index is -3.60. The van der Waals surface area contributed by atoms with Crippen molar-refractivity contribution in [3.05, 3.63) is 82.7 Å². The fourth-order valence-electron chi connectivity index (χ4n) is 3.54. The number of sulfonamides is 1. The maximum absolute atomic E-state index is 12.8. The highest BCUT2D eigenvalue weighted by Gasteiger charge is 2.20. The molecule has 10 heteroatoms. The van der Waals surface area contributed by atoms with Crippen molar-refractivity contribution in [1.82, 2.24) is 4.57 Å². The molecule has 0 unspecified atom stereocenters. The monoisotopic (exact) mass is 484 g/mol. The summed E-state index contributed by atoms with van der Waals surface area (Å²) in [5, 5.41) is 0. The van der Waals surface area contributed by atoms with Crippen LogP contribution in [-0.2, 0) is 19.5 Å². The molecule has 0 saturated heterocycles. The van der Waals surface area contributed by atoms with Crippen molar-refractivity contribution in [2.75, 3.05) is 24.7 Å². The van der Waals surface area contributed by atoms with Crippen molar-refractivity contribution in [2.45, 2.75) is 13.8 Å². The van der Waals surface area contributed by atoms with Crippen molar-refractivity contribution in [3.8, 4) is 5.69 Å². The zero-order chi connectivity index (χ0) is 25.0. The topological polar surface area (TPSA) is 121 Å². The highest BCUT2D eigenvalue weighted by molar-refractivity contribution is 7.92. The number of hydrogen-bond acceptors (Lipinski definition) is 7. The fourth-order valence-corrected chi connectivity index (χ4v) is 4.12. The summed E-state index contributed by atoms with van der Waals surface area (Å²) in [5.41, 5.74) is 3.02. The van der Waals surface area contributed by atoms with Gasteiger partial charge in [-0.15, -0.1) is 0 Å². The first kappa shape index (κ1) is 24.7. The molecule has 0 spiro atoms. The summed E-state index contributed by atoms with van der Waals surface area (Å²) in [6.45, 7) is 3.08. The second-order valence-electron chi connectivity index (χ2n) is 7.58. The quantitative estimate of drug-likeness (QED) is 0.385. The third kappa shape index (κ3) is 5.52. The third-order valence-corrected chi connectivity index (χ3v) is 5.65. The van der Waals surface area contributed by atoms with Gasteiger partial charge in [0, 0.05) is 22.6 Å². The van der Waals surface area contributed by atoms with E-state index in [2.05, 4.69) is 4.72 Å². The molecule has 178 valence electrons. The number of ketones is 1. The molecule has 34 heavy (non-hydrogen) atoms. The molecular formula is C24H24N2O7S. The van der Waals surface area contributed by atoms with Crippen LogP contribution < -0.4 is 4.72 Å². The number of aryl methyl sites for hydroxylation is 1. The van der Waals surface area contributed by atoms with Crippen LogP contribution in [0.4, 0.5) is 5.69 Å². The summed E-state index contributed by atoms with van der Waals surface area (Å²) in [6.07, 6.45) is 0.970. The molecule has 3 aromatic rings. The van der Waals surface area contributed by atoms with E-state index in [-0.39, 0.29) is 11.3 Å². The lowest BCUT2D eigenvalue weighted by Crippen LogP contribution is -2.18. The summed E-state index contributed by atoms with van der Waals surface area (Å²) in [4.78, 5) is 37.0. The Morgan fingerprint density at radius 2 is 1.59 bits per heavy atom. The Bertz CT molecular complexity index is 1360. The van der Waals surface area contributed by atoms with E-state index in [1.54, 1.807) is 49.4 Å². The Kier molecular flexibility index (Phi) is 7.21. The fraction of sp³-hybridized carbons (Fsp3) is 0.208. The number of Topliss-reactive ketones (excluding diaryl/α,β-unsaturated/α-hetero) is 1. The number of hydrogen-bond donors (Lipinski definition) is 1. The van der Waals surface area contributed by atoms with Crippen molar-refractivity contribution < 1.29 is 32.3 Å². The van der Waals surface area contributed by atoms with Gasteiger partial charge >= 0.3 is 11.9 Å². The van der Waals surface area contributed by atoms with Gasteiger partial charge in [-0.1, -0.05) is 12.1 Å². The highest BCUT2D eigenvalue weighted by atomic mass is 32.2. The first-order valence-corrected chi connectivity index (χ1v) is 12.1. The number of ether oxygens (including phenoxy) is 2. The molecule has 1 heterocycles. The smallest absolute Gasteiger partial charge is 0.340 e. The largest absolute Gasteiger partial charge is 0.465 e. The van der Waals surface area contributed by atoms with Gasteiger partial charge in [-0.05, 0) is 56.3 Å². The van der Waals surface area contributed by atoms with Crippen LogP contribution in [0.15, 0.2) is 54.6 Å². The highest BCUT2D eigenvalue weighted by Crippen LogP contribution is 2.23. The Labute approximate surface area is 197 Å². The number of para-hydroxylation sites is 1. The molecule has 0 amide bonds. The van der Waals surface area contributed by atoms with Crippen molar-refractivity contribution in [2.24, 2.45) is 0 Å². The molecular weight excluding hydrogens is 460 g/mol. The molecule has 1 aromatic heterocycles. The summed E-state index contributed by atoms with van der Waals surface area (Å²) in [7, 11) is -2.30. The van der Waals surface area contributed by atoms with Gasteiger partial charge in [-0.3, -0.25) is 9.52 Å². The van der Waals surface area contributed by atoms with Crippen molar-refractivity contribution >= 4 is 33.4 Å². The van der Waals surface area contributed by atoms with Gasteiger partial charge in [-0.25, -0.2) is 18.0 Å². The van der Waals surface area contributed by atoms with Gasteiger partial charge in [0.15, 0.2) is 6.61 Å². The van der Waals surface area contributed by atoms with Gasteiger partial charge in [0.25, 0.3) is 0 Å². The number of aromatic nitrogens is 1.